The maximum Gasteiger partial charge on any atom is 0.163 e. The van der Waals surface area contributed by atoms with Gasteiger partial charge in [0.1, 0.15) is 6.07 Å². The van der Waals surface area contributed by atoms with Gasteiger partial charge in [0.15, 0.2) is 11.5 Å². The Bertz CT molecular complexity index is 434. The molecule has 0 unspecified atom stereocenters. The van der Waals surface area contributed by atoms with Crippen molar-refractivity contribution in [3.8, 4) is 6.07 Å². The number of anilines is 1. The molecule has 0 N–H and O–H groups in total. The summed E-state index contributed by atoms with van der Waals surface area (Å²) in [4.78, 5) is 2.20. The number of hydrogen-bond acceptors (Lipinski definition) is 4. The molecule has 1 aromatic rings. The van der Waals surface area contributed by atoms with Gasteiger partial charge >= 0.3 is 0 Å². The second kappa shape index (κ2) is 4.93. The minimum absolute atomic E-state index is 0.372. The summed E-state index contributed by atoms with van der Waals surface area (Å²) < 4.78 is 0. The van der Waals surface area contributed by atoms with Crippen molar-refractivity contribution in [1.29, 1.82) is 5.26 Å². The average molecular weight is 244 g/mol. The van der Waals surface area contributed by atoms with Gasteiger partial charge in [0, 0.05) is 13.1 Å². The SMILES string of the molecule is CN(c1ccc(C#N)nn1)C1CCC(C)(C)CC1. The van der Waals surface area contributed by atoms with Crippen LogP contribution in [0.25, 0.3) is 0 Å². The van der Waals surface area contributed by atoms with E-state index in [9.17, 15) is 0 Å². The highest BCUT2D eigenvalue weighted by Crippen LogP contribution is 2.37. The molecule has 1 saturated carbocycles. The summed E-state index contributed by atoms with van der Waals surface area (Å²) in [5, 5.41) is 16.7. The van der Waals surface area contributed by atoms with E-state index in [1.807, 2.05) is 12.1 Å². The van der Waals surface area contributed by atoms with E-state index >= 15 is 0 Å². The van der Waals surface area contributed by atoms with Gasteiger partial charge in [-0.05, 0) is 43.2 Å². The van der Waals surface area contributed by atoms with Crippen LogP contribution in [0.1, 0.15) is 45.2 Å². The smallest absolute Gasteiger partial charge is 0.163 e. The van der Waals surface area contributed by atoms with Gasteiger partial charge in [-0.3, -0.25) is 0 Å². The zero-order valence-corrected chi connectivity index (χ0v) is 11.3. The van der Waals surface area contributed by atoms with Gasteiger partial charge < -0.3 is 4.90 Å². The first-order valence-corrected chi connectivity index (χ1v) is 6.48. The molecule has 1 fully saturated rings. The molecule has 0 bridgehead atoms. The molecule has 1 aromatic heterocycles. The number of rotatable bonds is 2. The van der Waals surface area contributed by atoms with Crippen molar-refractivity contribution in [2.45, 2.75) is 45.6 Å². The molecule has 1 heterocycles. The van der Waals surface area contributed by atoms with E-state index in [4.69, 9.17) is 5.26 Å². The lowest BCUT2D eigenvalue weighted by molar-refractivity contribution is 0.222. The first-order chi connectivity index (χ1) is 8.52. The van der Waals surface area contributed by atoms with Crippen LogP contribution in [0.3, 0.4) is 0 Å². The van der Waals surface area contributed by atoms with Crippen molar-refractivity contribution in [3.63, 3.8) is 0 Å². The molecule has 0 spiro atoms. The van der Waals surface area contributed by atoms with Crippen molar-refractivity contribution in [2.24, 2.45) is 5.41 Å². The molecule has 0 aliphatic heterocycles. The highest BCUT2D eigenvalue weighted by atomic mass is 15.3. The fraction of sp³-hybridized carbons (Fsp3) is 0.643. The van der Waals surface area contributed by atoms with Crippen LogP contribution in [0.5, 0.6) is 0 Å². The van der Waals surface area contributed by atoms with Crippen LogP contribution in [-0.2, 0) is 0 Å². The van der Waals surface area contributed by atoms with Gasteiger partial charge in [-0.15, -0.1) is 10.2 Å². The zero-order valence-electron chi connectivity index (χ0n) is 11.3. The van der Waals surface area contributed by atoms with Gasteiger partial charge in [0.05, 0.1) is 0 Å². The summed E-state index contributed by atoms with van der Waals surface area (Å²) in [6.45, 7) is 4.68. The Hall–Kier alpha value is -1.63. The maximum atomic E-state index is 8.71. The van der Waals surface area contributed by atoms with Crippen LogP contribution in [0, 0.1) is 16.7 Å². The second-order valence-corrected chi connectivity index (χ2v) is 5.89. The summed E-state index contributed by atoms with van der Waals surface area (Å²) in [5.74, 6) is 0.860. The molecule has 0 aromatic carbocycles. The monoisotopic (exact) mass is 244 g/mol. The lowest BCUT2D eigenvalue weighted by atomic mass is 9.75. The van der Waals surface area contributed by atoms with Crippen molar-refractivity contribution < 1.29 is 0 Å². The summed E-state index contributed by atoms with van der Waals surface area (Å²) in [6.07, 6.45) is 4.91. The molecule has 0 radical (unpaired) electrons. The third kappa shape index (κ3) is 2.79. The van der Waals surface area contributed by atoms with Gasteiger partial charge in [-0.25, -0.2) is 0 Å². The molecule has 2 rings (SSSR count). The molecular formula is C14H20N4. The normalized spacial score (nSPS) is 19.2. The lowest BCUT2D eigenvalue weighted by Gasteiger charge is -2.38. The van der Waals surface area contributed by atoms with E-state index in [2.05, 4.69) is 36.0 Å². The Labute approximate surface area is 109 Å². The number of aromatic nitrogens is 2. The fourth-order valence-electron chi connectivity index (χ4n) is 2.53. The van der Waals surface area contributed by atoms with Crippen LogP contribution < -0.4 is 4.90 Å². The maximum absolute atomic E-state index is 8.71. The van der Waals surface area contributed by atoms with Gasteiger partial charge in [0.2, 0.25) is 0 Å². The van der Waals surface area contributed by atoms with E-state index in [1.54, 1.807) is 6.07 Å². The first kappa shape index (κ1) is 12.8. The van der Waals surface area contributed by atoms with E-state index in [1.165, 1.54) is 25.7 Å². The van der Waals surface area contributed by atoms with E-state index < -0.39 is 0 Å². The van der Waals surface area contributed by atoms with Crippen LogP contribution in [-0.4, -0.2) is 23.3 Å². The first-order valence-electron chi connectivity index (χ1n) is 6.48. The van der Waals surface area contributed by atoms with Crippen molar-refractivity contribution >= 4 is 5.82 Å². The van der Waals surface area contributed by atoms with Crippen LogP contribution >= 0.6 is 0 Å². The Kier molecular flexibility index (Phi) is 3.51. The predicted molar refractivity (Wildman–Crippen MR) is 71.2 cm³/mol. The molecule has 0 amide bonds. The predicted octanol–water partition coefficient (Wildman–Crippen LogP) is 2.75. The Morgan fingerprint density at radius 2 is 1.94 bits per heavy atom. The van der Waals surface area contributed by atoms with Crippen LogP contribution in [0.15, 0.2) is 12.1 Å². The number of nitriles is 1. The quantitative estimate of drug-likeness (QED) is 0.802. The minimum Gasteiger partial charge on any atom is -0.355 e. The molecule has 4 nitrogen and oxygen atoms in total. The van der Waals surface area contributed by atoms with Gasteiger partial charge in [-0.1, -0.05) is 13.8 Å². The van der Waals surface area contributed by atoms with Crippen molar-refractivity contribution in [3.05, 3.63) is 17.8 Å². The number of nitrogens with zero attached hydrogens (tertiary/aromatic N) is 4. The van der Waals surface area contributed by atoms with Gasteiger partial charge in [0.25, 0.3) is 0 Å². The third-order valence-corrected chi connectivity index (χ3v) is 3.98. The molecule has 1 aliphatic carbocycles. The van der Waals surface area contributed by atoms with Crippen LogP contribution in [0.2, 0.25) is 0 Å². The molecule has 0 atom stereocenters. The fourth-order valence-corrected chi connectivity index (χ4v) is 2.53. The molecule has 96 valence electrons. The molecule has 0 saturated heterocycles. The highest BCUT2D eigenvalue weighted by Gasteiger charge is 2.29. The van der Waals surface area contributed by atoms with Crippen molar-refractivity contribution in [2.75, 3.05) is 11.9 Å². The standard InChI is InChI=1S/C14H20N4/c1-14(2)8-6-12(7-9-14)18(3)13-5-4-11(10-15)16-17-13/h4-5,12H,6-9H2,1-3H3. The molecule has 18 heavy (non-hydrogen) atoms. The largest absolute Gasteiger partial charge is 0.355 e. The summed E-state index contributed by atoms with van der Waals surface area (Å²) in [7, 11) is 2.07. The summed E-state index contributed by atoms with van der Waals surface area (Å²) in [6, 6.07) is 6.14. The second-order valence-electron chi connectivity index (χ2n) is 5.89. The minimum atomic E-state index is 0.372. The van der Waals surface area contributed by atoms with E-state index in [0.29, 0.717) is 17.2 Å². The van der Waals surface area contributed by atoms with E-state index in [0.717, 1.165) is 5.82 Å². The third-order valence-electron chi connectivity index (χ3n) is 3.98. The summed E-state index contributed by atoms with van der Waals surface area (Å²) >= 11 is 0. The molecule has 4 heteroatoms. The van der Waals surface area contributed by atoms with E-state index in [-0.39, 0.29) is 0 Å². The Morgan fingerprint density at radius 1 is 1.28 bits per heavy atom. The number of hydrogen-bond donors (Lipinski definition) is 0. The Morgan fingerprint density at radius 3 is 2.44 bits per heavy atom. The Balaban J connectivity index is 2.03. The van der Waals surface area contributed by atoms with Crippen LogP contribution in [0.4, 0.5) is 5.82 Å². The summed E-state index contributed by atoms with van der Waals surface area (Å²) in [5.41, 5.74) is 0.852. The highest BCUT2D eigenvalue weighted by molar-refractivity contribution is 5.39. The molecule has 1 aliphatic rings. The lowest BCUT2D eigenvalue weighted by Crippen LogP contribution is -2.37. The molecular weight excluding hydrogens is 224 g/mol. The topological polar surface area (TPSA) is 52.8 Å². The zero-order chi connectivity index (χ0) is 13.2. The van der Waals surface area contributed by atoms with Gasteiger partial charge in [-0.2, -0.15) is 5.26 Å². The average Bonchev–Trinajstić information content (AvgIpc) is 2.38. The van der Waals surface area contributed by atoms with Crippen molar-refractivity contribution in [1.82, 2.24) is 10.2 Å².